The summed E-state index contributed by atoms with van der Waals surface area (Å²) in [4.78, 5) is 39.9. The van der Waals surface area contributed by atoms with Crippen LogP contribution in [-0.4, -0.2) is 23.1 Å². The van der Waals surface area contributed by atoms with Gasteiger partial charge >= 0.3 is 17.4 Å². The summed E-state index contributed by atoms with van der Waals surface area (Å²) in [7, 11) is 0. The first-order valence-electron chi connectivity index (χ1n) is 3.97. The molecule has 0 N–H and O–H groups in total. The van der Waals surface area contributed by atoms with Gasteiger partial charge in [-0.15, -0.1) is 0 Å². The molecule has 15 heavy (non-hydrogen) atoms. The van der Waals surface area contributed by atoms with Crippen molar-refractivity contribution in [3.05, 3.63) is 12.8 Å². The van der Waals surface area contributed by atoms with Gasteiger partial charge in [0, 0.05) is 23.1 Å². The van der Waals surface area contributed by atoms with Crippen LogP contribution in [0.1, 0.15) is 27.7 Å². The monoisotopic (exact) mass is 250 g/mol. The predicted molar refractivity (Wildman–Crippen MR) is 51.3 cm³/mol. The Morgan fingerprint density at radius 1 is 0.600 bits per heavy atom. The summed E-state index contributed by atoms with van der Waals surface area (Å²) in [5.41, 5.74) is 0. The third kappa shape index (κ3) is 32.1. The largest absolute Gasteiger partial charge is 2.00 e. The normalized spacial score (nSPS) is 7.20. The first-order valence-corrected chi connectivity index (χ1v) is 3.97. The maximum atomic E-state index is 9.98. The zero-order valence-corrected chi connectivity index (χ0v) is 10.5. The quantitative estimate of drug-likeness (QED) is 0.545. The van der Waals surface area contributed by atoms with Crippen LogP contribution in [0.5, 0.6) is 0 Å². The first-order chi connectivity index (χ1) is 6.25. The van der Waals surface area contributed by atoms with Crippen LogP contribution in [0.2, 0.25) is 0 Å². The Morgan fingerprint density at radius 3 is 0.733 bits per heavy atom. The van der Waals surface area contributed by atoms with E-state index in [1.807, 2.05) is 0 Å². The average molecular weight is 250 g/mol. The van der Waals surface area contributed by atoms with Crippen molar-refractivity contribution >= 4 is 23.1 Å². The van der Waals surface area contributed by atoms with Crippen molar-refractivity contribution in [3.8, 4) is 0 Å². The van der Waals surface area contributed by atoms with E-state index in [1.165, 1.54) is 27.7 Å². The summed E-state index contributed by atoms with van der Waals surface area (Å²) in [5.74, 6) is -0.750. The molecule has 0 unspecified atom stereocenters. The van der Waals surface area contributed by atoms with Crippen molar-refractivity contribution in [2.45, 2.75) is 27.7 Å². The molecular formula is C10H14CrO4. The number of hydrogen-bond donors (Lipinski definition) is 0. The molecule has 84 valence electrons. The Morgan fingerprint density at radius 2 is 0.733 bits per heavy atom. The summed E-state index contributed by atoms with van der Waals surface area (Å²) in [6.45, 7) is 5.39. The van der Waals surface area contributed by atoms with Crippen LogP contribution in [0.4, 0.5) is 0 Å². The molecule has 4 nitrogen and oxygen atoms in total. The minimum absolute atomic E-state index is 0. The molecule has 0 aromatic carbocycles. The minimum atomic E-state index is -0.187. The molecule has 0 spiro atoms. The average Bonchev–Trinajstić information content (AvgIpc) is 1.79. The molecule has 0 atom stereocenters. The van der Waals surface area contributed by atoms with E-state index < -0.39 is 0 Å². The number of carbonyl (C=O) groups excluding carboxylic acids is 4. The summed E-state index contributed by atoms with van der Waals surface area (Å²) in [5, 5.41) is 0. The number of carbonyl (C=O) groups is 4. The summed E-state index contributed by atoms with van der Waals surface area (Å²) in [6.07, 6.45) is 2.11. The molecular weight excluding hydrogens is 236 g/mol. The Hall–Kier alpha value is -1.05. The molecule has 0 bridgehead atoms. The van der Waals surface area contributed by atoms with Gasteiger partial charge in [-0.05, 0) is 27.7 Å². The van der Waals surface area contributed by atoms with Crippen molar-refractivity contribution in [1.29, 1.82) is 0 Å². The Kier molecular flexibility index (Phi) is 14.3. The fourth-order valence-electron chi connectivity index (χ4n) is 0.572. The van der Waals surface area contributed by atoms with Gasteiger partial charge in [-0.3, -0.25) is 12.8 Å². The Bertz CT molecular complexity index is 196. The Balaban J connectivity index is -0.000000180. The number of hydrogen-bond acceptors (Lipinski definition) is 4. The first kappa shape index (κ1) is 19.5. The zero-order valence-electron chi connectivity index (χ0n) is 9.20. The second kappa shape index (κ2) is 11.0. The maximum absolute atomic E-state index is 9.98. The van der Waals surface area contributed by atoms with Crippen LogP contribution in [0.15, 0.2) is 0 Å². The number of rotatable bonds is 4. The van der Waals surface area contributed by atoms with Gasteiger partial charge in [0.25, 0.3) is 0 Å². The van der Waals surface area contributed by atoms with Crippen molar-refractivity contribution in [2.24, 2.45) is 0 Å². The molecule has 0 fully saturated rings. The molecule has 5 heteroatoms. The van der Waals surface area contributed by atoms with Gasteiger partial charge in [0.1, 0.15) is 0 Å². The van der Waals surface area contributed by atoms with Gasteiger partial charge in [-0.2, -0.15) is 0 Å². The van der Waals surface area contributed by atoms with Crippen molar-refractivity contribution in [2.75, 3.05) is 0 Å². The second-order valence-electron chi connectivity index (χ2n) is 2.73. The van der Waals surface area contributed by atoms with E-state index in [0.29, 0.717) is 0 Å². The van der Waals surface area contributed by atoms with E-state index in [0.717, 1.165) is 12.8 Å². The van der Waals surface area contributed by atoms with Gasteiger partial charge < -0.3 is 19.2 Å². The Labute approximate surface area is 101 Å². The molecule has 0 aromatic heterocycles. The van der Waals surface area contributed by atoms with E-state index in [4.69, 9.17) is 0 Å². The van der Waals surface area contributed by atoms with E-state index in [2.05, 4.69) is 0 Å². The molecule has 0 rings (SSSR count). The molecule has 0 radical (unpaired) electrons. The SMILES string of the molecule is CC(=O)[CH-]C(C)=O.CC(=O)[CH-]C(C)=O.[Cr+2]. The fourth-order valence-corrected chi connectivity index (χ4v) is 0.572. The number of Topliss-reactive ketones (excluding diaryl/α,β-unsaturated/α-hetero) is 4. The molecule has 0 amide bonds. The molecule has 0 aliphatic rings. The zero-order chi connectivity index (χ0) is 11.7. The third-order valence-electron chi connectivity index (χ3n) is 0.813. The van der Waals surface area contributed by atoms with E-state index >= 15 is 0 Å². The third-order valence-corrected chi connectivity index (χ3v) is 0.813. The summed E-state index contributed by atoms with van der Waals surface area (Å²) in [6, 6.07) is 0. The van der Waals surface area contributed by atoms with Gasteiger partial charge in [0.2, 0.25) is 0 Å². The van der Waals surface area contributed by atoms with Gasteiger partial charge in [0.15, 0.2) is 0 Å². The van der Waals surface area contributed by atoms with Crippen molar-refractivity contribution < 1.29 is 36.5 Å². The fraction of sp³-hybridized carbons (Fsp3) is 0.400. The van der Waals surface area contributed by atoms with E-state index in [-0.39, 0.29) is 40.5 Å². The molecule has 0 aromatic rings. The van der Waals surface area contributed by atoms with E-state index in [9.17, 15) is 19.2 Å². The smallest absolute Gasteiger partial charge is 0.334 e. The van der Waals surface area contributed by atoms with Gasteiger partial charge in [0.05, 0.1) is 0 Å². The van der Waals surface area contributed by atoms with Crippen molar-refractivity contribution in [1.82, 2.24) is 0 Å². The molecule has 0 heterocycles. The maximum Gasteiger partial charge on any atom is 2.00 e. The van der Waals surface area contributed by atoms with Crippen LogP contribution in [-0.2, 0) is 36.5 Å². The van der Waals surface area contributed by atoms with Crippen LogP contribution in [0.3, 0.4) is 0 Å². The molecule has 0 saturated heterocycles. The van der Waals surface area contributed by atoms with Crippen LogP contribution >= 0.6 is 0 Å². The number of ketones is 4. The molecule has 0 aliphatic heterocycles. The summed E-state index contributed by atoms with van der Waals surface area (Å²) < 4.78 is 0. The van der Waals surface area contributed by atoms with Gasteiger partial charge in [-0.25, -0.2) is 0 Å². The van der Waals surface area contributed by atoms with E-state index in [1.54, 1.807) is 0 Å². The minimum Gasteiger partial charge on any atom is -0.334 e. The summed E-state index contributed by atoms with van der Waals surface area (Å²) >= 11 is 0. The van der Waals surface area contributed by atoms with Crippen LogP contribution < -0.4 is 0 Å². The van der Waals surface area contributed by atoms with Crippen molar-refractivity contribution in [3.63, 3.8) is 0 Å². The molecule has 0 aliphatic carbocycles. The van der Waals surface area contributed by atoms with Gasteiger partial charge in [-0.1, -0.05) is 0 Å². The van der Waals surface area contributed by atoms with Crippen LogP contribution in [0, 0.1) is 12.8 Å². The second-order valence-corrected chi connectivity index (χ2v) is 2.73. The van der Waals surface area contributed by atoms with Crippen LogP contribution in [0.25, 0.3) is 0 Å². The standard InChI is InChI=1S/2C5H7O2.Cr/c2*1-4(6)3-5(2)7;/h2*3H,1-2H3;/q2*-1;+2. The topological polar surface area (TPSA) is 68.3 Å². The predicted octanol–water partition coefficient (Wildman–Crippen LogP) is 0.735. The molecule has 0 saturated carbocycles.